The zero-order valence-corrected chi connectivity index (χ0v) is 11.1. The Kier molecular flexibility index (Phi) is 4.15. The molecule has 1 saturated heterocycles. The molecule has 3 nitrogen and oxygen atoms in total. The van der Waals surface area contributed by atoms with Crippen LogP contribution in [-0.2, 0) is 9.47 Å². The zero-order valence-electron chi connectivity index (χ0n) is 9.54. The van der Waals surface area contributed by atoms with Crippen molar-refractivity contribution in [3.05, 3.63) is 28.2 Å². The molecule has 0 N–H and O–H groups in total. The summed E-state index contributed by atoms with van der Waals surface area (Å²) < 4.78 is 16.5. The molecule has 1 aromatic rings. The molecular weight excluding hydrogens is 263 g/mol. The SMILES string of the molecule is CC1(CCOc2c(Cl)cccc2Cl)OCCO1. The second-order valence-corrected chi connectivity index (χ2v) is 4.79. The van der Waals surface area contributed by atoms with Gasteiger partial charge in [0.1, 0.15) is 0 Å². The molecule has 1 aliphatic rings. The highest BCUT2D eigenvalue weighted by Gasteiger charge is 2.30. The molecule has 0 spiro atoms. The first kappa shape index (κ1) is 13.0. The van der Waals surface area contributed by atoms with Crippen LogP contribution in [0.4, 0.5) is 0 Å². The lowest BCUT2D eigenvalue weighted by Gasteiger charge is -2.22. The van der Waals surface area contributed by atoms with Crippen molar-refractivity contribution in [1.29, 1.82) is 0 Å². The summed E-state index contributed by atoms with van der Waals surface area (Å²) in [5.41, 5.74) is 0. The van der Waals surface area contributed by atoms with E-state index in [1.165, 1.54) is 0 Å². The average Bonchev–Trinajstić information content (AvgIpc) is 2.70. The van der Waals surface area contributed by atoms with Crippen LogP contribution in [0.2, 0.25) is 10.0 Å². The van der Waals surface area contributed by atoms with E-state index >= 15 is 0 Å². The van der Waals surface area contributed by atoms with Crippen molar-refractivity contribution < 1.29 is 14.2 Å². The molecule has 0 atom stereocenters. The van der Waals surface area contributed by atoms with Crippen molar-refractivity contribution in [2.45, 2.75) is 19.1 Å². The summed E-state index contributed by atoms with van der Waals surface area (Å²) >= 11 is 12.0. The molecule has 5 heteroatoms. The maximum absolute atomic E-state index is 5.99. The monoisotopic (exact) mass is 276 g/mol. The van der Waals surface area contributed by atoms with Crippen molar-refractivity contribution in [3.8, 4) is 5.75 Å². The molecule has 0 saturated carbocycles. The number of ether oxygens (including phenoxy) is 3. The minimum atomic E-state index is -0.548. The molecule has 0 radical (unpaired) electrons. The fraction of sp³-hybridized carbons (Fsp3) is 0.500. The van der Waals surface area contributed by atoms with Crippen LogP contribution in [0, 0.1) is 0 Å². The molecule has 17 heavy (non-hydrogen) atoms. The van der Waals surface area contributed by atoms with Crippen LogP contribution in [0.3, 0.4) is 0 Å². The number of benzene rings is 1. The van der Waals surface area contributed by atoms with Gasteiger partial charge in [0.05, 0.1) is 29.9 Å². The number of rotatable bonds is 4. The first-order valence-electron chi connectivity index (χ1n) is 5.45. The second kappa shape index (κ2) is 5.44. The Morgan fingerprint density at radius 2 is 1.82 bits per heavy atom. The predicted octanol–water partition coefficient (Wildman–Crippen LogP) is 3.53. The third-order valence-corrected chi connectivity index (χ3v) is 3.21. The van der Waals surface area contributed by atoms with Gasteiger partial charge >= 0.3 is 0 Å². The Labute approximate surface area is 111 Å². The van der Waals surface area contributed by atoms with E-state index in [9.17, 15) is 0 Å². The fourth-order valence-electron chi connectivity index (χ4n) is 1.66. The van der Waals surface area contributed by atoms with E-state index in [2.05, 4.69) is 0 Å². The molecule has 0 amide bonds. The Balaban J connectivity index is 1.90. The van der Waals surface area contributed by atoms with E-state index in [1.807, 2.05) is 6.92 Å². The van der Waals surface area contributed by atoms with Crippen molar-refractivity contribution in [2.75, 3.05) is 19.8 Å². The Bertz CT molecular complexity index is 369. The van der Waals surface area contributed by atoms with Gasteiger partial charge in [-0.25, -0.2) is 0 Å². The lowest BCUT2D eigenvalue weighted by molar-refractivity contribution is -0.150. The Morgan fingerprint density at radius 3 is 2.41 bits per heavy atom. The van der Waals surface area contributed by atoms with Gasteiger partial charge in [-0.2, -0.15) is 0 Å². The first-order valence-corrected chi connectivity index (χ1v) is 6.21. The van der Waals surface area contributed by atoms with Crippen LogP contribution in [0.15, 0.2) is 18.2 Å². The molecular formula is C12H14Cl2O3. The van der Waals surface area contributed by atoms with Gasteiger partial charge in [0.15, 0.2) is 11.5 Å². The summed E-state index contributed by atoms with van der Waals surface area (Å²) in [5.74, 6) is -0.0364. The van der Waals surface area contributed by atoms with E-state index in [4.69, 9.17) is 37.4 Å². The van der Waals surface area contributed by atoms with Gasteiger partial charge in [0, 0.05) is 6.42 Å². The molecule has 0 unspecified atom stereocenters. The highest BCUT2D eigenvalue weighted by molar-refractivity contribution is 6.37. The normalized spacial score (nSPS) is 18.3. The Hall–Kier alpha value is -0.480. The quantitative estimate of drug-likeness (QED) is 0.842. The third-order valence-electron chi connectivity index (χ3n) is 2.62. The Morgan fingerprint density at radius 1 is 1.24 bits per heavy atom. The van der Waals surface area contributed by atoms with Gasteiger partial charge in [0.25, 0.3) is 0 Å². The standard InChI is InChI=1S/C12H14Cl2O3/c1-12(16-7-8-17-12)5-6-15-11-9(13)3-2-4-10(11)14/h2-4H,5-8H2,1H3. The van der Waals surface area contributed by atoms with Crippen LogP contribution < -0.4 is 4.74 Å². The van der Waals surface area contributed by atoms with Gasteiger partial charge in [0.2, 0.25) is 0 Å². The van der Waals surface area contributed by atoms with Crippen molar-refractivity contribution in [1.82, 2.24) is 0 Å². The summed E-state index contributed by atoms with van der Waals surface area (Å²) in [4.78, 5) is 0. The van der Waals surface area contributed by atoms with E-state index in [1.54, 1.807) is 18.2 Å². The van der Waals surface area contributed by atoms with E-state index in [0.29, 0.717) is 42.0 Å². The minimum Gasteiger partial charge on any atom is -0.490 e. The van der Waals surface area contributed by atoms with Gasteiger partial charge in [-0.3, -0.25) is 0 Å². The third kappa shape index (κ3) is 3.26. The molecule has 1 heterocycles. The summed E-state index contributed by atoms with van der Waals surface area (Å²) in [6.07, 6.45) is 0.633. The summed E-state index contributed by atoms with van der Waals surface area (Å²) in [6.45, 7) is 3.60. The number of hydrogen-bond acceptors (Lipinski definition) is 3. The molecule has 1 aliphatic heterocycles. The summed E-state index contributed by atoms with van der Waals surface area (Å²) in [7, 11) is 0. The topological polar surface area (TPSA) is 27.7 Å². The van der Waals surface area contributed by atoms with Crippen molar-refractivity contribution in [2.24, 2.45) is 0 Å². The van der Waals surface area contributed by atoms with Crippen LogP contribution in [-0.4, -0.2) is 25.6 Å². The van der Waals surface area contributed by atoms with Crippen LogP contribution >= 0.6 is 23.2 Å². The maximum atomic E-state index is 5.99. The van der Waals surface area contributed by atoms with Gasteiger partial charge in [-0.05, 0) is 19.1 Å². The molecule has 0 aromatic heterocycles. The molecule has 2 rings (SSSR count). The lowest BCUT2D eigenvalue weighted by Crippen LogP contribution is -2.28. The van der Waals surface area contributed by atoms with Gasteiger partial charge < -0.3 is 14.2 Å². The number of hydrogen-bond donors (Lipinski definition) is 0. The van der Waals surface area contributed by atoms with Crippen LogP contribution in [0.25, 0.3) is 0 Å². The summed E-state index contributed by atoms with van der Waals surface area (Å²) in [6, 6.07) is 5.27. The van der Waals surface area contributed by atoms with Crippen LogP contribution in [0.5, 0.6) is 5.75 Å². The number of para-hydroxylation sites is 1. The highest BCUT2D eigenvalue weighted by Crippen LogP contribution is 2.33. The molecule has 94 valence electrons. The molecule has 0 bridgehead atoms. The first-order chi connectivity index (χ1) is 8.11. The van der Waals surface area contributed by atoms with Crippen molar-refractivity contribution in [3.63, 3.8) is 0 Å². The smallest absolute Gasteiger partial charge is 0.168 e. The van der Waals surface area contributed by atoms with Crippen molar-refractivity contribution >= 4 is 23.2 Å². The van der Waals surface area contributed by atoms with Gasteiger partial charge in [-0.1, -0.05) is 29.3 Å². The van der Waals surface area contributed by atoms with E-state index < -0.39 is 5.79 Å². The fourth-order valence-corrected chi connectivity index (χ4v) is 2.17. The van der Waals surface area contributed by atoms with E-state index in [-0.39, 0.29) is 0 Å². The highest BCUT2D eigenvalue weighted by atomic mass is 35.5. The maximum Gasteiger partial charge on any atom is 0.168 e. The zero-order chi connectivity index (χ0) is 12.3. The van der Waals surface area contributed by atoms with Crippen LogP contribution in [0.1, 0.15) is 13.3 Å². The number of halogens is 2. The summed E-state index contributed by atoms with van der Waals surface area (Å²) in [5, 5.41) is 1.02. The van der Waals surface area contributed by atoms with Gasteiger partial charge in [-0.15, -0.1) is 0 Å². The molecule has 1 fully saturated rings. The second-order valence-electron chi connectivity index (χ2n) is 3.98. The predicted molar refractivity (Wildman–Crippen MR) is 66.9 cm³/mol. The average molecular weight is 277 g/mol. The minimum absolute atomic E-state index is 0.444. The van der Waals surface area contributed by atoms with E-state index in [0.717, 1.165) is 0 Å². The molecule has 0 aliphatic carbocycles. The largest absolute Gasteiger partial charge is 0.490 e. The molecule has 1 aromatic carbocycles. The lowest BCUT2D eigenvalue weighted by atomic mass is 10.2.